The maximum absolute atomic E-state index is 13.7. The van der Waals surface area contributed by atoms with E-state index in [9.17, 15) is 19.2 Å². The number of nitrogens with one attached hydrogen (secondary N) is 2. The fourth-order valence-electron chi connectivity index (χ4n) is 10.2. The van der Waals surface area contributed by atoms with Crippen molar-refractivity contribution in [2.45, 2.75) is 133 Å². The minimum Gasteiger partial charge on any atom is -0.490 e. The van der Waals surface area contributed by atoms with E-state index in [1.807, 2.05) is 18.2 Å². The number of benzene rings is 2. The van der Waals surface area contributed by atoms with Gasteiger partial charge in [0.1, 0.15) is 41.2 Å². The largest absolute Gasteiger partial charge is 0.490 e. The molecule has 320 valence electrons. The molecule has 0 radical (unpaired) electrons. The van der Waals surface area contributed by atoms with Crippen molar-refractivity contribution in [3.8, 4) is 17.6 Å². The summed E-state index contributed by atoms with van der Waals surface area (Å²) >= 11 is 6.16. The predicted molar refractivity (Wildman–Crippen MR) is 226 cm³/mol. The highest BCUT2D eigenvalue weighted by atomic mass is 35.5. The number of amides is 4. The molecule has 0 unspecified atom stereocenters. The lowest BCUT2D eigenvalue weighted by Gasteiger charge is -2.46. The van der Waals surface area contributed by atoms with Crippen molar-refractivity contribution in [3.05, 3.63) is 76.2 Å². The summed E-state index contributed by atoms with van der Waals surface area (Å²) in [6, 6.07) is 13.2. The zero-order valence-electron chi connectivity index (χ0n) is 34.8. The maximum Gasteiger partial charge on any atom is 0.271 e. The predicted octanol–water partition coefficient (Wildman–Crippen LogP) is 5.91. The average Bonchev–Trinajstić information content (AvgIpc) is 4.00. The molecule has 15 heteroatoms. The molecule has 61 heavy (non-hydrogen) atoms. The highest BCUT2D eigenvalue weighted by Crippen LogP contribution is 2.58. The van der Waals surface area contributed by atoms with Crippen LogP contribution in [0.1, 0.15) is 123 Å². The summed E-state index contributed by atoms with van der Waals surface area (Å²) < 4.78 is 12.5. The van der Waals surface area contributed by atoms with E-state index in [-0.39, 0.29) is 48.3 Å². The van der Waals surface area contributed by atoms with Gasteiger partial charge in [-0.1, -0.05) is 17.7 Å². The molecule has 2 N–H and O–H groups in total. The van der Waals surface area contributed by atoms with E-state index in [0.717, 1.165) is 95.2 Å². The minimum atomic E-state index is -0.624. The van der Waals surface area contributed by atoms with Gasteiger partial charge in [-0.05, 0) is 107 Å². The fourth-order valence-corrected chi connectivity index (χ4v) is 10.4. The number of fused-ring (bicyclic) bond motifs is 2. The van der Waals surface area contributed by atoms with Gasteiger partial charge in [0.25, 0.3) is 11.8 Å². The Morgan fingerprint density at radius 2 is 1.69 bits per heavy atom. The Bertz CT molecular complexity index is 2220. The number of ether oxygens (including phenoxy) is 2. The van der Waals surface area contributed by atoms with Gasteiger partial charge in [-0.2, -0.15) is 5.26 Å². The smallest absolute Gasteiger partial charge is 0.271 e. The van der Waals surface area contributed by atoms with Crippen LogP contribution in [-0.2, 0) is 15.1 Å². The molecule has 5 fully saturated rings. The number of nitrogens with zero attached hydrogens (tertiary/aromatic N) is 6. The summed E-state index contributed by atoms with van der Waals surface area (Å²) in [4.78, 5) is 67.1. The number of carbonyl (C=O) groups is 4. The normalized spacial score (nSPS) is 25.8. The molecule has 2 saturated heterocycles. The lowest BCUT2D eigenvalue weighted by molar-refractivity contribution is -0.137. The number of piperidine rings is 2. The number of imide groups is 1. The summed E-state index contributed by atoms with van der Waals surface area (Å²) in [7, 11) is 0. The molecule has 2 aromatic carbocycles. The lowest BCUT2D eigenvalue weighted by atomic mass is 9.85. The van der Waals surface area contributed by atoms with Crippen LogP contribution in [0.5, 0.6) is 11.5 Å². The quantitative estimate of drug-likeness (QED) is 0.208. The molecule has 3 aromatic rings. The van der Waals surface area contributed by atoms with Gasteiger partial charge in [-0.3, -0.25) is 29.4 Å². The van der Waals surface area contributed by atoms with Gasteiger partial charge >= 0.3 is 0 Å². The third-order valence-electron chi connectivity index (χ3n) is 13.8. The van der Waals surface area contributed by atoms with Gasteiger partial charge in [0.15, 0.2) is 0 Å². The van der Waals surface area contributed by atoms with Crippen LogP contribution in [-0.4, -0.2) is 99.4 Å². The van der Waals surface area contributed by atoms with Crippen LogP contribution in [0.15, 0.2) is 48.8 Å². The number of hydrogen-bond acceptors (Lipinski definition) is 11. The standard InChI is InChI=1S/C46H53ClN8O6/c1-27(2)54(31-19-35(20-31)61-33-9-10-37-36(21-33)45(59)55(46(37)15-16-46)40-11-12-42(56)52-44(40)58)26-28-13-17-53(18-14-28)41-25-49-39(24-50-41)43(57)51-30-4-7-32(8-5-30)60-34-6-3-29(23-48)38(47)22-34/h3,6,9-10,21-22,24-25,27-28,30-32,35,40H,4-5,7-8,11-20,26H2,1-2H3,(H,51,57)(H,52,56,58)/t30?,31?,32?,35?,40-/m1/s1. The molecule has 4 amide bonds. The zero-order chi connectivity index (χ0) is 42.4. The maximum atomic E-state index is 13.7. The third-order valence-corrected chi connectivity index (χ3v) is 14.1. The van der Waals surface area contributed by atoms with Crippen LogP contribution in [0, 0.1) is 17.2 Å². The van der Waals surface area contributed by atoms with E-state index >= 15 is 0 Å². The number of aromatic nitrogens is 2. The minimum absolute atomic E-state index is 0.0237. The van der Waals surface area contributed by atoms with Crippen molar-refractivity contribution in [2.24, 2.45) is 5.92 Å². The molecule has 3 aliphatic carbocycles. The van der Waals surface area contributed by atoms with Crippen molar-refractivity contribution >= 4 is 41.0 Å². The highest BCUT2D eigenvalue weighted by molar-refractivity contribution is 6.31. The molecule has 3 aliphatic heterocycles. The Hall–Kier alpha value is -5.26. The second kappa shape index (κ2) is 16.9. The summed E-state index contributed by atoms with van der Waals surface area (Å²) in [5.41, 5.74) is 1.87. The zero-order valence-corrected chi connectivity index (χ0v) is 35.5. The van der Waals surface area contributed by atoms with Crippen LogP contribution in [0.3, 0.4) is 0 Å². The molecule has 14 nitrogen and oxygen atoms in total. The molecule has 1 spiro atoms. The number of nitriles is 1. The first-order valence-corrected chi connectivity index (χ1v) is 22.3. The van der Waals surface area contributed by atoms with Gasteiger partial charge in [0.05, 0.1) is 34.6 Å². The Kier molecular flexibility index (Phi) is 11.4. The third kappa shape index (κ3) is 8.39. The summed E-state index contributed by atoms with van der Waals surface area (Å²) in [5.74, 6) is 1.66. The molecular formula is C46H53ClN8O6. The van der Waals surface area contributed by atoms with E-state index in [4.69, 9.17) is 26.3 Å². The topological polar surface area (TPSA) is 170 Å². The van der Waals surface area contributed by atoms with Crippen LogP contribution < -0.4 is 25.0 Å². The molecular weight excluding hydrogens is 796 g/mol. The second-order valence-electron chi connectivity index (χ2n) is 18.0. The average molecular weight is 849 g/mol. The van der Waals surface area contributed by atoms with Gasteiger partial charge in [-0.15, -0.1) is 0 Å². The molecule has 9 rings (SSSR count). The van der Waals surface area contributed by atoms with Crippen molar-refractivity contribution < 1.29 is 28.7 Å². The van der Waals surface area contributed by atoms with Crippen molar-refractivity contribution in [3.63, 3.8) is 0 Å². The molecule has 0 bridgehead atoms. The molecule has 1 atom stereocenters. The van der Waals surface area contributed by atoms with Gasteiger partial charge in [0, 0.05) is 68.7 Å². The Morgan fingerprint density at radius 1 is 0.967 bits per heavy atom. The second-order valence-corrected chi connectivity index (χ2v) is 18.5. The summed E-state index contributed by atoms with van der Waals surface area (Å²) in [6.45, 7) is 7.32. The number of carbonyl (C=O) groups excluding carboxylic acids is 4. The van der Waals surface area contributed by atoms with Crippen molar-refractivity contribution in [1.82, 2.24) is 30.4 Å². The Morgan fingerprint density at radius 3 is 2.34 bits per heavy atom. The molecule has 3 saturated carbocycles. The van der Waals surface area contributed by atoms with E-state index in [1.165, 1.54) is 0 Å². The van der Waals surface area contributed by atoms with Crippen LogP contribution >= 0.6 is 11.6 Å². The van der Waals surface area contributed by atoms with Crippen LogP contribution in [0.25, 0.3) is 0 Å². The molecule has 4 heterocycles. The Labute approximate surface area is 361 Å². The van der Waals surface area contributed by atoms with E-state index in [0.29, 0.717) is 57.8 Å². The number of rotatable bonds is 12. The van der Waals surface area contributed by atoms with Gasteiger partial charge in [0.2, 0.25) is 11.8 Å². The summed E-state index contributed by atoms with van der Waals surface area (Å²) in [5, 5.41) is 15.0. The van der Waals surface area contributed by atoms with E-state index in [2.05, 4.69) is 50.3 Å². The first-order chi connectivity index (χ1) is 29.5. The lowest BCUT2D eigenvalue weighted by Crippen LogP contribution is -2.55. The summed E-state index contributed by atoms with van der Waals surface area (Å²) in [6.07, 6.45) is 12.8. The monoisotopic (exact) mass is 848 g/mol. The first-order valence-electron chi connectivity index (χ1n) is 22.0. The Balaban J connectivity index is 0.710. The van der Waals surface area contributed by atoms with Crippen LogP contribution in [0.2, 0.25) is 5.02 Å². The number of hydrogen-bond donors (Lipinski definition) is 2. The fraction of sp³-hybridized carbons (Fsp3) is 0.543. The molecule has 1 aromatic heterocycles. The van der Waals surface area contributed by atoms with Gasteiger partial charge < -0.3 is 24.6 Å². The first kappa shape index (κ1) is 41.1. The molecule has 6 aliphatic rings. The van der Waals surface area contributed by atoms with E-state index < -0.39 is 11.6 Å². The van der Waals surface area contributed by atoms with Crippen molar-refractivity contribution in [1.29, 1.82) is 5.26 Å². The van der Waals surface area contributed by atoms with E-state index in [1.54, 1.807) is 35.5 Å². The van der Waals surface area contributed by atoms with Crippen molar-refractivity contribution in [2.75, 3.05) is 24.5 Å². The van der Waals surface area contributed by atoms with Gasteiger partial charge in [-0.25, -0.2) is 9.97 Å². The number of anilines is 1. The number of halogens is 1. The highest BCUT2D eigenvalue weighted by Gasteiger charge is 2.61. The SMILES string of the molecule is CC(C)N(CC1CCN(c2cnc(C(=O)NC3CCC(Oc4ccc(C#N)c(Cl)c4)CC3)cn2)CC1)C1CC(Oc2ccc3c(c2)C(=O)N([C@@H]2CCC(=O)NC2=O)C32CC2)C1. The van der Waals surface area contributed by atoms with Crippen LogP contribution in [0.4, 0.5) is 5.82 Å².